The predicted octanol–water partition coefficient (Wildman–Crippen LogP) is 3.11. The molecule has 6 heteroatoms. The number of aryl methyl sites for hydroxylation is 1. The molecule has 2 fully saturated rings. The first-order chi connectivity index (χ1) is 11.2. The van der Waals surface area contributed by atoms with Crippen LogP contribution in [0.15, 0.2) is 23.0 Å². The molecule has 2 atom stereocenters. The maximum Gasteiger partial charge on any atom is 0.273 e. The van der Waals surface area contributed by atoms with Crippen molar-refractivity contribution in [2.45, 2.75) is 19.9 Å². The zero-order valence-corrected chi connectivity index (χ0v) is 14.9. The Bertz CT molecular complexity index is 682. The van der Waals surface area contributed by atoms with E-state index < -0.39 is 0 Å². The van der Waals surface area contributed by atoms with Gasteiger partial charge in [-0.25, -0.2) is 4.98 Å². The normalized spacial score (nSPS) is 24.8. The summed E-state index contributed by atoms with van der Waals surface area (Å²) in [5.74, 6) is 1.47. The van der Waals surface area contributed by atoms with Crippen LogP contribution < -0.4 is 0 Å². The van der Waals surface area contributed by atoms with Crippen molar-refractivity contribution >= 4 is 28.6 Å². The zero-order chi connectivity index (χ0) is 15.8. The molecule has 2 aliphatic rings. The molecule has 122 valence electrons. The van der Waals surface area contributed by atoms with Gasteiger partial charge in [-0.3, -0.25) is 9.69 Å². The van der Waals surface area contributed by atoms with Crippen molar-refractivity contribution in [2.24, 2.45) is 11.8 Å². The summed E-state index contributed by atoms with van der Waals surface area (Å²) < 4.78 is 0. The van der Waals surface area contributed by atoms with Crippen LogP contribution in [-0.4, -0.2) is 46.9 Å². The smallest absolute Gasteiger partial charge is 0.273 e. The molecule has 0 unspecified atom stereocenters. The van der Waals surface area contributed by atoms with Gasteiger partial charge in [0.05, 0.1) is 5.51 Å². The number of hydrogen-bond acceptors (Lipinski definition) is 5. The van der Waals surface area contributed by atoms with Crippen LogP contribution in [0.1, 0.15) is 26.7 Å². The number of carbonyl (C=O) groups is 1. The quantitative estimate of drug-likeness (QED) is 0.856. The van der Waals surface area contributed by atoms with E-state index in [9.17, 15) is 4.79 Å². The van der Waals surface area contributed by atoms with Crippen LogP contribution in [0, 0.1) is 18.8 Å². The fourth-order valence-electron chi connectivity index (χ4n) is 3.85. The number of aromatic nitrogens is 1. The molecule has 2 saturated heterocycles. The molecule has 0 aromatic carbocycles. The number of carbonyl (C=O) groups excluding carboxylic acids is 1. The summed E-state index contributed by atoms with van der Waals surface area (Å²) in [5.41, 5.74) is 2.35. The molecule has 2 aromatic heterocycles. The minimum Gasteiger partial charge on any atom is -0.337 e. The second-order valence-electron chi connectivity index (χ2n) is 6.64. The van der Waals surface area contributed by atoms with E-state index in [2.05, 4.69) is 28.9 Å². The van der Waals surface area contributed by atoms with Crippen molar-refractivity contribution in [1.29, 1.82) is 0 Å². The Kier molecular flexibility index (Phi) is 4.22. The number of piperidine rings is 1. The number of likely N-dealkylation sites (tertiary alicyclic amines) is 2. The lowest BCUT2D eigenvalue weighted by atomic mass is 9.88. The molecule has 0 spiro atoms. The Morgan fingerprint density at radius 1 is 1.30 bits per heavy atom. The fraction of sp³-hybridized carbons (Fsp3) is 0.529. The van der Waals surface area contributed by atoms with Gasteiger partial charge in [0, 0.05) is 47.9 Å². The van der Waals surface area contributed by atoms with Crippen LogP contribution in [-0.2, 0) is 6.54 Å². The first-order valence-corrected chi connectivity index (χ1v) is 9.90. The van der Waals surface area contributed by atoms with Gasteiger partial charge in [0.15, 0.2) is 0 Å². The third-order valence-corrected chi connectivity index (χ3v) is 6.56. The van der Waals surface area contributed by atoms with Gasteiger partial charge in [-0.2, -0.15) is 0 Å². The standard InChI is InChI=1S/C17H21N3OS2/c1-12-2-3-15(23-12)9-19-6-13-4-5-20(8-14(13)7-19)17(21)16-10-22-11-18-16/h2-3,10-11,13-14H,4-9H2,1H3/t13-,14-/m1/s1. The summed E-state index contributed by atoms with van der Waals surface area (Å²) >= 11 is 3.39. The summed E-state index contributed by atoms with van der Waals surface area (Å²) in [6.45, 7) is 7.29. The average molecular weight is 348 g/mol. The van der Waals surface area contributed by atoms with Gasteiger partial charge in [-0.05, 0) is 37.3 Å². The highest BCUT2D eigenvalue weighted by Gasteiger charge is 2.38. The number of rotatable bonds is 3. The number of thiazole rings is 1. The van der Waals surface area contributed by atoms with E-state index in [1.807, 2.05) is 21.6 Å². The first kappa shape index (κ1) is 15.3. The molecule has 4 rings (SSSR count). The number of thiophene rings is 1. The molecular weight excluding hydrogens is 326 g/mol. The van der Waals surface area contributed by atoms with Crippen LogP contribution in [0.25, 0.3) is 0 Å². The highest BCUT2D eigenvalue weighted by Crippen LogP contribution is 2.33. The Morgan fingerprint density at radius 2 is 2.17 bits per heavy atom. The third-order valence-electron chi connectivity index (χ3n) is 4.99. The van der Waals surface area contributed by atoms with E-state index in [4.69, 9.17) is 0 Å². The van der Waals surface area contributed by atoms with E-state index in [-0.39, 0.29) is 5.91 Å². The second kappa shape index (κ2) is 6.34. The van der Waals surface area contributed by atoms with Crippen molar-refractivity contribution in [3.05, 3.63) is 38.5 Å². The maximum absolute atomic E-state index is 12.5. The zero-order valence-electron chi connectivity index (χ0n) is 13.3. The lowest BCUT2D eigenvalue weighted by Crippen LogP contribution is -2.43. The minimum atomic E-state index is 0.108. The van der Waals surface area contributed by atoms with Crippen LogP contribution in [0.5, 0.6) is 0 Å². The average Bonchev–Trinajstić information content (AvgIpc) is 3.26. The summed E-state index contributed by atoms with van der Waals surface area (Å²) in [6, 6.07) is 4.46. The summed E-state index contributed by atoms with van der Waals surface area (Å²) in [5, 5.41) is 1.86. The Balaban J connectivity index is 1.37. The maximum atomic E-state index is 12.5. The summed E-state index contributed by atoms with van der Waals surface area (Å²) in [4.78, 5) is 24.1. The van der Waals surface area contributed by atoms with Crippen LogP contribution in [0.2, 0.25) is 0 Å². The van der Waals surface area contributed by atoms with Crippen molar-refractivity contribution in [3.8, 4) is 0 Å². The largest absolute Gasteiger partial charge is 0.337 e. The van der Waals surface area contributed by atoms with Crippen molar-refractivity contribution in [1.82, 2.24) is 14.8 Å². The summed E-state index contributed by atoms with van der Waals surface area (Å²) in [7, 11) is 0. The molecule has 0 saturated carbocycles. The molecule has 0 aliphatic carbocycles. The van der Waals surface area contributed by atoms with E-state index in [1.54, 1.807) is 5.51 Å². The molecule has 2 aromatic rings. The van der Waals surface area contributed by atoms with Gasteiger partial charge in [0.1, 0.15) is 5.69 Å². The number of amides is 1. The molecule has 4 nitrogen and oxygen atoms in total. The number of nitrogens with zero attached hydrogens (tertiary/aromatic N) is 3. The van der Waals surface area contributed by atoms with Crippen LogP contribution >= 0.6 is 22.7 Å². The van der Waals surface area contributed by atoms with Gasteiger partial charge in [-0.15, -0.1) is 22.7 Å². The number of fused-ring (bicyclic) bond motifs is 1. The second-order valence-corrected chi connectivity index (χ2v) is 8.73. The topological polar surface area (TPSA) is 36.4 Å². The molecule has 0 bridgehead atoms. The lowest BCUT2D eigenvalue weighted by molar-refractivity contribution is 0.0637. The molecule has 1 amide bonds. The van der Waals surface area contributed by atoms with E-state index in [0.717, 1.165) is 38.5 Å². The van der Waals surface area contributed by atoms with Crippen molar-refractivity contribution in [3.63, 3.8) is 0 Å². The van der Waals surface area contributed by atoms with E-state index >= 15 is 0 Å². The van der Waals surface area contributed by atoms with Crippen molar-refractivity contribution < 1.29 is 4.79 Å². The predicted molar refractivity (Wildman–Crippen MR) is 93.9 cm³/mol. The van der Waals surface area contributed by atoms with Gasteiger partial charge in [-0.1, -0.05) is 0 Å². The molecule has 0 N–H and O–H groups in total. The van der Waals surface area contributed by atoms with E-state index in [0.29, 0.717) is 11.6 Å². The fourth-order valence-corrected chi connectivity index (χ4v) is 5.31. The first-order valence-electron chi connectivity index (χ1n) is 8.14. The molecule has 2 aliphatic heterocycles. The highest BCUT2D eigenvalue weighted by molar-refractivity contribution is 7.11. The monoisotopic (exact) mass is 347 g/mol. The summed E-state index contributed by atoms with van der Waals surface area (Å²) in [6.07, 6.45) is 1.13. The minimum absolute atomic E-state index is 0.108. The Morgan fingerprint density at radius 3 is 2.91 bits per heavy atom. The van der Waals surface area contributed by atoms with Crippen molar-refractivity contribution in [2.75, 3.05) is 26.2 Å². The molecular formula is C17H21N3OS2. The third kappa shape index (κ3) is 3.20. The van der Waals surface area contributed by atoms with E-state index in [1.165, 1.54) is 27.6 Å². The molecule has 4 heterocycles. The Hall–Kier alpha value is -1.24. The Labute approximate surface area is 144 Å². The highest BCUT2D eigenvalue weighted by atomic mass is 32.1. The van der Waals surface area contributed by atoms with Gasteiger partial charge in [0.2, 0.25) is 0 Å². The van der Waals surface area contributed by atoms with Gasteiger partial charge in [0.25, 0.3) is 5.91 Å². The van der Waals surface area contributed by atoms with Crippen LogP contribution in [0.4, 0.5) is 0 Å². The molecule has 0 radical (unpaired) electrons. The SMILES string of the molecule is Cc1ccc(CN2C[C@H]3CCN(C(=O)c4cscn4)C[C@H]3C2)s1. The number of hydrogen-bond donors (Lipinski definition) is 0. The van der Waals surface area contributed by atoms with Gasteiger partial charge >= 0.3 is 0 Å². The molecule has 23 heavy (non-hydrogen) atoms. The van der Waals surface area contributed by atoms with Crippen LogP contribution in [0.3, 0.4) is 0 Å². The van der Waals surface area contributed by atoms with Gasteiger partial charge < -0.3 is 4.90 Å². The lowest BCUT2D eigenvalue weighted by Gasteiger charge is -2.34.